The van der Waals surface area contributed by atoms with E-state index in [0.29, 0.717) is 4.90 Å². The van der Waals surface area contributed by atoms with Gasteiger partial charge in [-0.2, -0.15) is 0 Å². The molecule has 0 spiro atoms. The van der Waals surface area contributed by atoms with Crippen LogP contribution in [0.5, 0.6) is 0 Å². The van der Waals surface area contributed by atoms with Gasteiger partial charge in [0.2, 0.25) is 6.10 Å². The lowest BCUT2D eigenvalue weighted by Gasteiger charge is -2.23. The fourth-order valence-electron chi connectivity index (χ4n) is 2.64. The molecule has 0 aromatic heterocycles. The number of esters is 2. The van der Waals surface area contributed by atoms with E-state index >= 15 is 0 Å². The number of nitrogens with zero attached hydrogens (tertiary/aromatic N) is 1. The molecule has 2 aliphatic rings. The number of rotatable bonds is 3. The molecule has 124 valence electrons. The fraction of sp³-hybridized carbons (Fsp3) is 0.294. The summed E-state index contributed by atoms with van der Waals surface area (Å²) in [6.07, 6.45) is -1.11. The summed E-state index contributed by atoms with van der Waals surface area (Å²) in [5.41, 5.74) is -0.750. The molecule has 1 aromatic carbocycles. The van der Waals surface area contributed by atoms with Gasteiger partial charge in [-0.05, 0) is 12.1 Å². The van der Waals surface area contributed by atoms with E-state index in [0.717, 1.165) is 0 Å². The number of carbonyl (C=O) groups is 4. The van der Waals surface area contributed by atoms with Crippen molar-refractivity contribution in [3.8, 4) is 0 Å². The number of ether oxygens (including phenoxy) is 2. The molecule has 1 aromatic rings. The minimum absolute atomic E-state index is 0.114. The number of fused-ring (bicyclic) bond motifs is 1. The van der Waals surface area contributed by atoms with Gasteiger partial charge in [-0.25, -0.2) is 14.5 Å². The van der Waals surface area contributed by atoms with Crippen LogP contribution >= 0.6 is 0 Å². The summed E-state index contributed by atoms with van der Waals surface area (Å²) < 4.78 is 10.0. The average molecular weight is 329 g/mol. The SMILES string of the molecule is C=C(C(=O)O[C@@H]1C(=O)OCC1(C)C)N1C(=O)c2ccccc2C1=O. The van der Waals surface area contributed by atoms with E-state index in [9.17, 15) is 19.2 Å². The van der Waals surface area contributed by atoms with E-state index in [-0.39, 0.29) is 17.7 Å². The van der Waals surface area contributed by atoms with Gasteiger partial charge in [0.25, 0.3) is 11.8 Å². The van der Waals surface area contributed by atoms with E-state index in [1.54, 1.807) is 26.0 Å². The summed E-state index contributed by atoms with van der Waals surface area (Å²) in [6, 6.07) is 6.22. The Balaban J connectivity index is 1.80. The van der Waals surface area contributed by atoms with Crippen LogP contribution in [0.2, 0.25) is 0 Å². The summed E-state index contributed by atoms with van der Waals surface area (Å²) in [7, 11) is 0. The Labute approximate surface area is 137 Å². The molecule has 1 saturated heterocycles. The van der Waals surface area contributed by atoms with E-state index in [1.807, 2.05) is 0 Å². The minimum Gasteiger partial charge on any atom is -0.462 e. The van der Waals surface area contributed by atoms with Crippen LogP contribution in [0, 0.1) is 5.41 Å². The molecule has 3 rings (SSSR count). The highest BCUT2D eigenvalue weighted by molar-refractivity contribution is 6.24. The van der Waals surface area contributed by atoms with Gasteiger partial charge in [0, 0.05) is 5.41 Å². The second-order valence-electron chi connectivity index (χ2n) is 6.32. The van der Waals surface area contributed by atoms with Crippen molar-refractivity contribution in [1.29, 1.82) is 0 Å². The number of hydrogen-bond acceptors (Lipinski definition) is 6. The Morgan fingerprint density at radius 2 is 1.75 bits per heavy atom. The Hall–Kier alpha value is -2.96. The van der Waals surface area contributed by atoms with Crippen LogP contribution in [0.1, 0.15) is 34.6 Å². The van der Waals surface area contributed by atoms with Crippen molar-refractivity contribution >= 4 is 23.8 Å². The molecular weight excluding hydrogens is 314 g/mol. The molecule has 0 saturated carbocycles. The largest absolute Gasteiger partial charge is 0.462 e. The molecule has 1 fully saturated rings. The average Bonchev–Trinajstić information content (AvgIpc) is 2.95. The number of amides is 2. The first-order chi connectivity index (χ1) is 11.2. The molecule has 0 radical (unpaired) electrons. The molecule has 2 aliphatic heterocycles. The maximum Gasteiger partial charge on any atom is 0.355 e. The molecule has 1 atom stereocenters. The number of cyclic esters (lactones) is 1. The van der Waals surface area contributed by atoms with Crippen molar-refractivity contribution in [3.63, 3.8) is 0 Å². The van der Waals surface area contributed by atoms with Crippen LogP contribution in [-0.4, -0.2) is 41.4 Å². The zero-order chi connectivity index (χ0) is 17.6. The molecule has 0 N–H and O–H groups in total. The number of imide groups is 1. The molecule has 2 heterocycles. The molecule has 0 unspecified atom stereocenters. The van der Waals surface area contributed by atoms with Crippen LogP contribution in [0.25, 0.3) is 0 Å². The van der Waals surface area contributed by atoms with Gasteiger partial charge in [-0.15, -0.1) is 0 Å². The third kappa shape index (κ3) is 2.29. The zero-order valence-corrected chi connectivity index (χ0v) is 13.2. The van der Waals surface area contributed by atoms with Crippen LogP contribution in [0.4, 0.5) is 0 Å². The van der Waals surface area contributed by atoms with Crippen molar-refractivity contribution < 1.29 is 28.7 Å². The highest BCUT2D eigenvalue weighted by atomic mass is 16.6. The lowest BCUT2D eigenvalue weighted by molar-refractivity contribution is -0.160. The molecule has 24 heavy (non-hydrogen) atoms. The first-order valence-corrected chi connectivity index (χ1v) is 7.28. The second-order valence-corrected chi connectivity index (χ2v) is 6.32. The molecule has 0 aliphatic carbocycles. The zero-order valence-electron chi connectivity index (χ0n) is 13.2. The van der Waals surface area contributed by atoms with Crippen molar-refractivity contribution in [2.75, 3.05) is 6.61 Å². The molecule has 7 heteroatoms. The predicted octanol–water partition coefficient (Wildman–Crippen LogP) is 1.29. The van der Waals surface area contributed by atoms with E-state index in [4.69, 9.17) is 9.47 Å². The maximum atomic E-state index is 12.3. The lowest BCUT2D eigenvalue weighted by Crippen LogP contribution is -2.39. The van der Waals surface area contributed by atoms with Gasteiger partial charge >= 0.3 is 11.9 Å². The third-order valence-corrected chi connectivity index (χ3v) is 4.03. The molecule has 7 nitrogen and oxygen atoms in total. The van der Waals surface area contributed by atoms with E-state index in [2.05, 4.69) is 6.58 Å². The van der Waals surface area contributed by atoms with Crippen LogP contribution in [0.3, 0.4) is 0 Å². The van der Waals surface area contributed by atoms with Crippen molar-refractivity contribution in [2.45, 2.75) is 20.0 Å². The summed E-state index contributed by atoms with van der Waals surface area (Å²) in [4.78, 5) is 49.3. The Morgan fingerprint density at radius 1 is 1.21 bits per heavy atom. The first-order valence-electron chi connectivity index (χ1n) is 7.28. The monoisotopic (exact) mass is 329 g/mol. The molecule has 2 amide bonds. The van der Waals surface area contributed by atoms with Crippen LogP contribution in [-0.2, 0) is 19.1 Å². The van der Waals surface area contributed by atoms with Crippen LogP contribution < -0.4 is 0 Å². The minimum atomic E-state index is -1.11. The Morgan fingerprint density at radius 3 is 2.21 bits per heavy atom. The predicted molar refractivity (Wildman–Crippen MR) is 80.7 cm³/mol. The fourth-order valence-corrected chi connectivity index (χ4v) is 2.64. The molecule has 0 bridgehead atoms. The number of hydrogen-bond donors (Lipinski definition) is 0. The molecular formula is C17H15NO6. The highest BCUT2D eigenvalue weighted by Gasteiger charge is 2.48. The van der Waals surface area contributed by atoms with Gasteiger partial charge in [0.05, 0.1) is 11.1 Å². The Bertz CT molecular complexity index is 759. The summed E-state index contributed by atoms with van der Waals surface area (Å²) in [6.45, 7) is 7.03. The summed E-state index contributed by atoms with van der Waals surface area (Å²) >= 11 is 0. The first kappa shape index (κ1) is 15.9. The van der Waals surface area contributed by atoms with Gasteiger partial charge in [-0.1, -0.05) is 32.6 Å². The van der Waals surface area contributed by atoms with Crippen molar-refractivity contribution in [3.05, 3.63) is 47.7 Å². The van der Waals surface area contributed by atoms with Gasteiger partial charge < -0.3 is 9.47 Å². The highest BCUT2D eigenvalue weighted by Crippen LogP contribution is 2.32. The maximum absolute atomic E-state index is 12.3. The topological polar surface area (TPSA) is 90.0 Å². The van der Waals surface area contributed by atoms with Crippen molar-refractivity contribution in [1.82, 2.24) is 4.90 Å². The number of benzene rings is 1. The lowest BCUT2D eigenvalue weighted by atomic mass is 9.90. The summed E-state index contributed by atoms with van der Waals surface area (Å²) in [5.74, 6) is -2.97. The van der Waals surface area contributed by atoms with Gasteiger partial charge in [0.15, 0.2) is 0 Å². The van der Waals surface area contributed by atoms with Gasteiger partial charge in [-0.3, -0.25) is 9.59 Å². The normalized spacial score (nSPS) is 21.5. The van der Waals surface area contributed by atoms with Crippen LogP contribution in [0.15, 0.2) is 36.5 Å². The number of carbonyl (C=O) groups excluding carboxylic acids is 4. The second kappa shape index (κ2) is 5.30. The van der Waals surface area contributed by atoms with E-state index < -0.39 is 41.0 Å². The van der Waals surface area contributed by atoms with Gasteiger partial charge in [0.1, 0.15) is 12.3 Å². The summed E-state index contributed by atoms with van der Waals surface area (Å²) in [5, 5.41) is 0. The van der Waals surface area contributed by atoms with E-state index in [1.165, 1.54) is 12.1 Å². The Kier molecular flexibility index (Phi) is 3.51. The standard InChI is InChI=1S/C17H15NO6/c1-9(15(21)24-12-16(22)23-8-17(12,2)3)18-13(19)10-6-4-5-7-11(10)14(18)20/h4-7,12H,1,8H2,2-3H3/t12-/m1/s1. The van der Waals surface area contributed by atoms with Crippen molar-refractivity contribution in [2.24, 2.45) is 5.41 Å². The smallest absolute Gasteiger partial charge is 0.355 e. The third-order valence-electron chi connectivity index (χ3n) is 4.03. The quantitative estimate of drug-likeness (QED) is 0.471.